The molecule has 1 aliphatic heterocycles. The van der Waals surface area contributed by atoms with Crippen molar-refractivity contribution in [2.75, 3.05) is 33.4 Å². The summed E-state index contributed by atoms with van der Waals surface area (Å²) in [5, 5.41) is 0. The number of benzene rings is 1. The Balaban J connectivity index is 2.04. The highest BCUT2D eigenvalue weighted by Gasteiger charge is 2.54. The first-order valence-corrected chi connectivity index (χ1v) is 8.30. The number of hydrogen-bond donors (Lipinski definition) is 1. The number of ether oxygens (including phenoxy) is 2. The molecule has 2 atom stereocenters. The molecule has 1 aromatic rings. The second kappa shape index (κ2) is 7.82. The summed E-state index contributed by atoms with van der Waals surface area (Å²) in [4.78, 5) is 25.4. The van der Waals surface area contributed by atoms with Gasteiger partial charge in [0.15, 0.2) is 6.61 Å². The van der Waals surface area contributed by atoms with Gasteiger partial charge in [-0.25, -0.2) is 9.18 Å². The average Bonchev–Trinajstić information content (AvgIpc) is 2.97. The molecule has 0 bridgehead atoms. The number of nitrogens with two attached hydrogens (primary N) is 1. The fourth-order valence-electron chi connectivity index (χ4n) is 3.05. The van der Waals surface area contributed by atoms with Crippen LogP contribution in [-0.4, -0.2) is 55.8 Å². The number of halogens is 1. The van der Waals surface area contributed by atoms with Crippen LogP contribution in [0.25, 0.3) is 0 Å². The Morgan fingerprint density at radius 1 is 1.40 bits per heavy atom. The summed E-state index contributed by atoms with van der Waals surface area (Å²) in [6.07, 6.45) is 0. The minimum Gasteiger partial charge on any atom is -0.483 e. The Hall–Kier alpha value is -2.15. The van der Waals surface area contributed by atoms with E-state index in [0.717, 1.165) is 12.7 Å². The Labute approximate surface area is 147 Å². The van der Waals surface area contributed by atoms with Crippen molar-refractivity contribution >= 4 is 11.9 Å². The number of para-hydroxylation sites is 1. The molecule has 0 aliphatic carbocycles. The predicted octanol–water partition coefficient (Wildman–Crippen LogP) is 1.49. The molecule has 1 saturated heterocycles. The van der Waals surface area contributed by atoms with Crippen molar-refractivity contribution in [3.8, 4) is 5.75 Å². The van der Waals surface area contributed by atoms with E-state index in [2.05, 4.69) is 4.74 Å². The van der Waals surface area contributed by atoms with Crippen LogP contribution in [0, 0.1) is 5.92 Å². The summed E-state index contributed by atoms with van der Waals surface area (Å²) in [5.74, 6) is -1.30. The maximum atomic E-state index is 14.9. The molecule has 25 heavy (non-hydrogen) atoms. The van der Waals surface area contributed by atoms with Crippen molar-refractivity contribution < 1.29 is 23.5 Å². The fraction of sp³-hybridized carbons (Fsp3) is 0.556. The number of carbonyl (C=O) groups excluding carboxylic acids is 2. The van der Waals surface area contributed by atoms with Gasteiger partial charge in [0.2, 0.25) is 5.67 Å². The van der Waals surface area contributed by atoms with E-state index in [1.54, 1.807) is 6.07 Å². The van der Waals surface area contributed by atoms with Crippen LogP contribution in [0.1, 0.15) is 25.3 Å². The maximum Gasteiger partial charge on any atom is 0.345 e. The van der Waals surface area contributed by atoms with Crippen LogP contribution >= 0.6 is 0 Å². The lowest BCUT2D eigenvalue weighted by Crippen LogP contribution is -2.46. The number of alkyl halides is 1. The molecule has 138 valence electrons. The molecule has 0 spiro atoms. The van der Waals surface area contributed by atoms with Crippen molar-refractivity contribution in [1.29, 1.82) is 0 Å². The van der Waals surface area contributed by atoms with Crippen LogP contribution in [0.15, 0.2) is 24.3 Å². The lowest BCUT2D eigenvalue weighted by Gasteiger charge is -2.21. The van der Waals surface area contributed by atoms with Gasteiger partial charge >= 0.3 is 5.97 Å². The van der Waals surface area contributed by atoms with Crippen molar-refractivity contribution in [1.82, 2.24) is 4.90 Å². The quantitative estimate of drug-likeness (QED) is 0.785. The number of hydrogen-bond acceptors (Lipinski definition) is 5. The van der Waals surface area contributed by atoms with Crippen LogP contribution in [-0.2, 0) is 14.3 Å². The molecule has 0 aromatic heterocycles. The minimum atomic E-state index is -2.27. The number of rotatable bonds is 6. The summed E-state index contributed by atoms with van der Waals surface area (Å²) in [7, 11) is 1.12. The molecule has 0 saturated carbocycles. The van der Waals surface area contributed by atoms with Gasteiger partial charge in [-0.1, -0.05) is 32.0 Å². The van der Waals surface area contributed by atoms with Crippen molar-refractivity contribution in [3.05, 3.63) is 29.8 Å². The number of carbonyl (C=O) groups is 2. The number of nitrogens with zero attached hydrogens (tertiary/aromatic N) is 1. The largest absolute Gasteiger partial charge is 0.483 e. The molecule has 1 amide bonds. The number of amides is 1. The molecule has 1 aliphatic rings. The van der Waals surface area contributed by atoms with Crippen LogP contribution in [0.3, 0.4) is 0 Å². The molecule has 2 rings (SSSR count). The van der Waals surface area contributed by atoms with E-state index in [1.165, 1.54) is 4.90 Å². The Bertz CT molecular complexity index is 637. The normalized spacial score (nSPS) is 23.0. The molecule has 2 N–H and O–H groups in total. The molecular weight excluding hydrogens is 327 g/mol. The SMILES string of the molecule is COC(=O)[C@@]1(F)CN(C(=O)COc2ccccc2C(C)C)C[C@H]1CN. The van der Waals surface area contributed by atoms with E-state index in [0.29, 0.717) is 5.75 Å². The molecule has 1 heterocycles. The molecular formula is C18H25FN2O4. The van der Waals surface area contributed by atoms with Crippen molar-refractivity contribution in [3.63, 3.8) is 0 Å². The van der Waals surface area contributed by atoms with Gasteiger partial charge < -0.3 is 20.1 Å². The van der Waals surface area contributed by atoms with Crippen molar-refractivity contribution in [2.24, 2.45) is 11.7 Å². The van der Waals surface area contributed by atoms with Gasteiger partial charge in [0, 0.05) is 19.0 Å². The van der Waals surface area contributed by atoms with E-state index in [1.807, 2.05) is 32.0 Å². The highest BCUT2D eigenvalue weighted by atomic mass is 19.1. The first kappa shape index (κ1) is 19.2. The maximum absolute atomic E-state index is 14.9. The van der Waals surface area contributed by atoms with Crippen LogP contribution < -0.4 is 10.5 Å². The molecule has 1 aromatic carbocycles. The van der Waals surface area contributed by atoms with Crippen LogP contribution in [0.4, 0.5) is 4.39 Å². The first-order chi connectivity index (χ1) is 11.8. The second-order valence-electron chi connectivity index (χ2n) is 6.54. The van der Waals surface area contributed by atoms with Gasteiger partial charge in [0.25, 0.3) is 5.91 Å². The van der Waals surface area contributed by atoms with Gasteiger partial charge in [0.05, 0.1) is 13.7 Å². The van der Waals surface area contributed by atoms with Gasteiger partial charge in [-0.05, 0) is 17.5 Å². The van der Waals surface area contributed by atoms with E-state index in [4.69, 9.17) is 10.5 Å². The zero-order valence-corrected chi connectivity index (χ0v) is 14.8. The third-order valence-corrected chi connectivity index (χ3v) is 4.56. The number of likely N-dealkylation sites (tertiary alicyclic amines) is 1. The molecule has 6 nitrogen and oxygen atoms in total. The molecule has 0 unspecified atom stereocenters. The summed E-state index contributed by atoms with van der Waals surface area (Å²) >= 11 is 0. The van der Waals surface area contributed by atoms with Gasteiger partial charge in [0.1, 0.15) is 5.75 Å². The number of methoxy groups -OCH3 is 1. The molecule has 1 fully saturated rings. The van der Waals surface area contributed by atoms with Crippen LogP contribution in [0.5, 0.6) is 5.75 Å². The fourth-order valence-corrected chi connectivity index (χ4v) is 3.05. The minimum absolute atomic E-state index is 0.0492. The standard InChI is InChI=1S/C18H25FN2O4/c1-12(2)14-6-4-5-7-15(14)25-10-16(22)21-9-13(8-20)18(19,11-21)17(23)24-3/h4-7,12-13H,8-11,20H2,1-3H3/t13-,18-/m1/s1. The first-order valence-electron chi connectivity index (χ1n) is 8.30. The average molecular weight is 352 g/mol. The summed E-state index contributed by atoms with van der Waals surface area (Å²) in [6, 6.07) is 7.47. The third kappa shape index (κ3) is 3.92. The third-order valence-electron chi connectivity index (χ3n) is 4.56. The Morgan fingerprint density at radius 2 is 2.08 bits per heavy atom. The zero-order chi connectivity index (χ0) is 18.6. The van der Waals surface area contributed by atoms with E-state index >= 15 is 0 Å². The molecule has 7 heteroatoms. The van der Waals surface area contributed by atoms with Gasteiger partial charge in [-0.3, -0.25) is 4.79 Å². The zero-order valence-electron chi connectivity index (χ0n) is 14.8. The van der Waals surface area contributed by atoms with E-state index < -0.39 is 17.6 Å². The number of esters is 1. The highest BCUT2D eigenvalue weighted by Crippen LogP contribution is 2.32. The van der Waals surface area contributed by atoms with E-state index in [9.17, 15) is 14.0 Å². The second-order valence-corrected chi connectivity index (χ2v) is 6.54. The summed E-state index contributed by atoms with van der Waals surface area (Å²) in [5.41, 5.74) is 4.29. The topological polar surface area (TPSA) is 81.9 Å². The predicted molar refractivity (Wildman–Crippen MR) is 91.0 cm³/mol. The summed E-state index contributed by atoms with van der Waals surface area (Å²) < 4.78 is 25.1. The van der Waals surface area contributed by atoms with Gasteiger partial charge in [-0.15, -0.1) is 0 Å². The van der Waals surface area contributed by atoms with E-state index in [-0.39, 0.29) is 38.1 Å². The smallest absolute Gasteiger partial charge is 0.345 e. The summed E-state index contributed by atoms with van der Waals surface area (Å²) in [6.45, 7) is 3.49. The lowest BCUT2D eigenvalue weighted by molar-refractivity contribution is -0.156. The Morgan fingerprint density at radius 3 is 2.68 bits per heavy atom. The molecule has 0 radical (unpaired) electrons. The monoisotopic (exact) mass is 352 g/mol. The van der Waals surface area contributed by atoms with Crippen LogP contribution in [0.2, 0.25) is 0 Å². The highest BCUT2D eigenvalue weighted by molar-refractivity contribution is 5.84. The van der Waals surface area contributed by atoms with Gasteiger partial charge in [-0.2, -0.15) is 0 Å². The van der Waals surface area contributed by atoms with Crippen molar-refractivity contribution in [2.45, 2.75) is 25.4 Å². The Kier molecular flexibility index (Phi) is 6.00. The lowest BCUT2D eigenvalue weighted by atomic mass is 9.93.